The summed E-state index contributed by atoms with van der Waals surface area (Å²) in [5, 5.41) is 1.28. The maximum Gasteiger partial charge on any atom is 0.212 e. The molecule has 0 unspecified atom stereocenters. The van der Waals surface area contributed by atoms with Crippen molar-refractivity contribution in [1.82, 2.24) is 0 Å². The van der Waals surface area contributed by atoms with Gasteiger partial charge in [-0.1, -0.05) is 78.4 Å². The van der Waals surface area contributed by atoms with Gasteiger partial charge in [-0.25, -0.2) is 22.0 Å². The summed E-state index contributed by atoms with van der Waals surface area (Å²) in [6.07, 6.45) is 2.20. The lowest BCUT2D eigenvalue weighted by molar-refractivity contribution is -0.662. The highest BCUT2D eigenvalue weighted by atomic mass is 19.2. The van der Waals surface area contributed by atoms with Gasteiger partial charge in [-0.3, -0.25) is 0 Å². The Morgan fingerprint density at radius 1 is 0.528 bits per heavy atom. The van der Waals surface area contributed by atoms with Gasteiger partial charge in [0, 0.05) is 23.1 Å². The summed E-state index contributed by atoms with van der Waals surface area (Å²) in [5.41, 5.74) is 2.40. The molecule has 179 valence electrons. The Labute approximate surface area is 206 Å². The smallest absolute Gasteiger partial charge is 0.204 e. The van der Waals surface area contributed by atoms with E-state index in [1.165, 1.54) is 16.5 Å². The number of halogens is 5. The highest BCUT2D eigenvalue weighted by Crippen LogP contribution is 2.16. The third kappa shape index (κ3) is 5.79. The zero-order valence-corrected chi connectivity index (χ0v) is 19.1. The quantitative estimate of drug-likeness (QED) is 0.0926. The molecule has 1 radical (unpaired) electrons. The van der Waals surface area contributed by atoms with Gasteiger partial charge in [-0.05, 0) is 23.9 Å². The second kappa shape index (κ2) is 11.6. The van der Waals surface area contributed by atoms with Crippen LogP contribution >= 0.6 is 0 Å². The minimum Gasteiger partial charge on any atom is -0.204 e. The van der Waals surface area contributed by atoms with Gasteiger partial charge in [-0.15, -0.1) is 0 Å². The van der Waals surface area contributed by atoms with E-state index in [1.54, 1.807) is 30.3 Å². The molecule has 0 spiro atoms. The predicted molar refractivity (Wildman–Crippen MR) is 131 cm³/mol. The summed E-state index contributed by atoms with van der Waals surface area (Å²) in [6, 6.07) is 31.8. The van der Waals surface area contributed by atoms with Gasteiger partial charge in [0.2, 0.25) is 5.52 Å². The van der Waals surface area contributed by atoms with Gasteiger partial charge in [0.1, 0.15) is 0 Å². The van der Waals surface area contributed by atoms with E-state index in [0.29, 0.717) is 5.56 Å². The number of nitrogens with zero attached hydrogens (tertiary/aromatic N) is 1. The number of benzene rings is 4. The summed E-state index contributed by atoms with van der Waals surface area (Å²) in [7, 11) is 0.978. The maximum atomic E-state index is 13.4. The first kappa shape index (κ1) is 25.1. The number of aromatic nitrogens is 1. The maximum absolute atomic E-state index is 13.4. The number of pyridine rings is 1. The molecule has 1 aromatic heterocycles. The van der Waals surface area contributed by atoms with Crippen molar-refractivity contribution in [3.8, 4) is 0 Å². The van der Waals surface area contributed by atoms with E-state index in [1.807, 2.05) is 0 Å². The van der Waals surface area contributed by atoms with Gasteiger partial charge >= 0.3 is 0 Å². The van der Waals surface area contributed by atoms with E-state index >= 15 is 0 Å². The second-order valence-electron chi connectivity index (χ2n) is 8.06. The molecular weight excluding hydrogens is 468 g/mol. The van der Waals surface area contributed by atoms with Crippen molar-refractivity contribution in [2.75, 3.05) is 0 Å². The van der Waals surface area contributed by atoms with E-state index in [0.717, 1.165) is 13.8 Å². The SMILES string of the molecule is Fc1c(F)c(F)c([B]Cc2ccccc2)c(F)c1F.c1ccc(C[n+]2cccc3ccccc32)cc1. The van der Waals surface area contributed by atoms with Gasteiger partial charge in [-0.2, -0.15) is 4.57 Å². The zero-order chi connectivity index (χ0) is 25.5. The molecule has 1 nitrogen and oxygen atoms in total. The van der Waals surface area contributed by atoms with E-state index in [-0.39, 0.29) is 6.32 Å². The van der Waals surface area contributed by atoms with E-state index in [4.69, 9.17) is 0 Å². The summed E-state index contributed by atoms with van der Waals surface area (Å²) < 4.78 is 67.7. The molecule has 0 bridgehead atoms. The molecule has 0 N–H and O–H groups in total. The Balaban J connectivity index is 0.000000170. The third-order valence-corrected chi connectivity index (χ3v) is 5.61. The Bertz CT molecular complexity index is 1430. The summed E-state index contributed by atoms with van der Waals surface area (Å²) in [5.74, 6) is -9.64. The van der Waals surface area contributed by atoms with Crippen LogP contribution in [-0.4, -0.2) is 7.28 Å². The average Bonchev–Trinajstić information content (AvgIpc) is 2.92. The number of para-hydroxylation sites is 1. The van der Waals surface area contributed by atoms with Crippen LogP contribution in [0, 0.1) is 29.1 Å². The topological polar surface area (TPSA) is 3.88 Å². The Hall–Kier alpha value is -4.00. The van der Waals surface area contributed by atoms with Gasteiger partial charge in [0.25, 0.3) is 0 Å². The molecule has 0 fully saturated rings. The third-order valence-electron chi connectivity index (χ3n) is 5.61. The highest BCUT2D eigenvalue weighted by molar-refractivity contribution is 6.53. The number of rotatable bonds is 5. The van der Waals surface area contributed by atoms with Gasteiger partial charge in [0.05, 0.1) is 0 Å². The fourth-order valence-electron chi connectivity index (χ4n) is 3.77. The second-order valence-corrected chi connectivity index (χ2v) is 8.06. The van der Waals surface area contributed by atoms with Crippen molar-refractivity contribution >= 4 is 23.6 Å². The van der Waals surface area contributed by atoms with Crippen molar-refractivity contribution in [2.24, 2.45) is 0 Å². The minimum absolute atomic E-state index is 0.0686. The lowest BCUT2D eigenvalue weighted by Crippen LogP contribution is -2.34. The van der Waals surface area contributed by atoms with Crippen LogP contribution in [0.5, 0.6) is 0 Å². The molecule has 0 atom stereocenters. The summed E-state index contributed by atoms with van der Waals surface area (Å²) in [6.45, 7) is 0.919. The lowest BCUT2D eigenvalue weighted by atomic mass is 9.64. The first-order valence-electron chi connectivity index (χ1n) is 11.3. The molecule has 5 aromatic rings. The van der Waals surface area contributed by atoms with E-state index < -0.39 is 34.5 Å². The van der Waals surface area contributed by atoms with Crippen LogP contribution < -0.4 is 10.0 Å². The first-order valence-corrected chi connectivity index (χ1v) is 11.3. The normalized spacial score (nSPS) is 10.6. The molecule has 0 aliphatic rings. The largest absolute Gasteiger partial charge is 0.212 e. The number of hydrogen-bond donors (Lipinski definition) is 0. The van der Waals surface area contributed by atoms with Crippen LogP contribution in [0.4, 0.5) is 22.0 Å². The Morgan fingerprint density at radius 2 is 1.03 bits per heavy atom. The van der Waals surface area contributed by atoms with Crippen LogP contribution in [0.2, 0.25) is 0 Å². The minimum atomic E-state index is -2.15. The van der Waals surface area contributed by atoms with E-state index in [2.05, 4.69) is 77.5 Å². The van der Waals surface area contributed by atoms with Crippen LogP contribution in [-0.2, 0) is 12.9 Å². The van der Waals surface area contributed by atoms with E-state index in [9.17, 15) is 22.0 Å². The molecule has 7 heteroatoms. The Kier molecular flexibility index (Phi) is 8.11. The van der Waals surface area contributed by atoms with Crippen molar-refractivity contribution in [3.63, 3.8) is 0 Å². The zero-order valence-electron chi connectivity index (χ0n) is 19.1. The molecule has 1 heterocycles. The molecule has 0 aliphatic carbocycles. The molecule has 4 aromatic carbocycles. The lowest BCUT2D eigenvalue weighted by Gasteiger charge is -2.07. The average molecular weight is 489 g/mol. The van der Waals surface area contributed by atoms with Crippen molar-refractivity contribution in [1.29, 1.82) is 0 Å². The van der Waals surface area contributed by atoms with Crippen LogP contribution in [0.1, 0.15) is 11.1 Å². The van der Waals surface area contributed by atoms with Crippen molar-refractivity contribution < 1.29 is 26.5 Å². The Morgan fingerprint density at radius 3 is 1.67 bits per heavy atom. The summed E-state index contributed by atoms with van der Waals surface area (Å²) >= 11 is 0. The molecule has 0 saturated heterocycles. The molecule has 36 heavy (non-hydrogen) atoms. The van der Waals surface area contributed by atoms with Gasteiger partial charge < -0.3 is 0 Å². The van der Waals surface area contributed by atoms with Crippen molar-refractivity contribution in [3.05, 3.63) is 143 Å². The molecule has 0 amide bonds. The molecule has 0 saturated carbocycles. The monoisotopic (exact) mass is 489 g/mol. The standard InChI is InChI=1S/C16H14N.C13H7BF5/c1-2-7-14(8-3-1)13-17-12-6-10-15-9-4-5-11-16(15)17;15-9-8(10(16)12(18)13(19)11(9)17)14-6-7-4-2-1-3-5-7/h1-12H,13H2;1-5H,6H2/q+1;. The number of fused-ring (bicyclic) bond motifs is 1. The predicted octanol–water partition coefficient (Wildman–Crippen LogP) is 6.09. The van der Waals surface area contributed by atoms with Crippen LogP contribution in [0.25, 0.3) is 10.9 Å². The molecule has 0 aliphatic heterocycles. The fourth-order valence-corrected chi connectivity index (χ4v) is 3.77. The van der Waals surface area contributed by atoms with Crippen LogP contribution in [0.15, 0.2) is 103 Å². The highest BCUT2D eigenvalue weighted by Gasteiger charge is 2.25. The molecule has 5 rings (SSSR count). The fraction of sp³-hybridized carbons (Fsp3) is 0.0690. The molecular formula is C29H21BF5N+. The van der Waals surface area contributed by atoms with Gasteiger partial charge in [0.15, 0.2) is 49.1 Å². The van der Waals surface area contributed by atoms with Crippen LogP contribution in [0.3, 0.4) is 0 Å². The van der Waals surface area contributed by atoms with Crippen molar-refractivity contribution in [2.45, 2.75) is 12.9 Å². The first-order chi connectivity index (χ1) is 17.5. The number of hydrogen-bond acceptors (Lipinski definition) is 0. The summed E-state index contributed by atoms with van der Waals surface area (Å²) in [4.78, 5) is 0.